The van der Waals surface area contributed by atoms with Gasteiger partial charge in [0.1, 0.15) is 0 Å². The van der Waals surface area contributed by atoms with Crippen LogP contribution in [0.4, 0.5) is 0 Å². The van der Waals surface area contributed by atoms with Crippen molar-refractivity contribution in [1.29, 1.82) is 0 Å². The Kier molecular flexibility index (Phi) is 2.96. The summed E-state index contributed by atoms with van der Waals surface area (Å²) in [7, 11) is 0. The molecule has 1 saturated heterocycles. The second-order valence-electron chi connectivity index (χ2n) is 6.58. The molecule has 2 bridgehead atoms. The van der Waals surface area contributed by atoms with Crippen LogP contribution in [-0.4, -0.2) is 30.3 Å². The molecule has 0 aromatic heterocycles. The molecule has 4 N–H and O–H groups in total. The predicted molar refractivity (Wildman–Crippen MR) is 68.6 cm³/mol. The van der Waals surface area contributed by atoms with E-state index in [9.17, 15) is 5.11 Å². The molecule has 4 unspecified atom stereocenters. The Balaban J connectivity index is 1.88. The van der Waals surface area contributed by atoms with Crippen molar-refractivity contribution in [2.45, 2.75) is 50.5 Å². The molecule has 3 aliphatic rings. The zero-order chi connectivity index (χ0) is 11.9. The van der Waals surface area contributed by atoms with Gasteiger partial charge in [-0.25, -0.2) is 0 Å². The fourth-order valence-electron chi connectivity index (χ4n) is 5.00. The topological polar surface area (TPSA) is 58.3 Å². The summed E-state index contributed by atoms with van der Waals surface area (Å²) in [6.45, 7) is 2.69. The third-order valence-electron chi connectivity index (χ3n) is 5.93. The molecule has 0 aromatic rings. The minimum atomic E-state index is -0.495. The SMILES string of the molecule is NCC1(C2(O)CCCNCC2)CC2CCC1C2. The maximum Gasteiger partial charge on any atom is 0.0731 e. The van der Waals surface area contributed by atoms with Crippen LogP contribution in [-0.2, 0) is 0 Å². The van der Waals surface area contributed by atoms with E-state index in [0.29, 0.717) is 12.5 Å². The molecule has 3 rings (SSSR count). The number of hydrogen-bond donors (Lipinski definition) is 3. The number of hydrogen-bond acceptors (Lipinski definition) is 3. The summed E-state index contributed by atoms with van der Waals surface area (Å²) in [5.74, 6) is 1.55. The first kappa shape index (κ1) is 11.9. The van der Waals surface area contributed by atoms with E-state index in [1.165, 1.54) is 25.7 Å². The van der Waals surface area contributed by atoms with Gasteiger partial charge >= 0.3 is 0 Å². The summed E-state index contributed by atoms with van der Waals surface area (Å²) in [4.78, 5) is 0. The van der Waals surface area contributed by atoms with Crippen LogP contribution in [0, 0.1) is 17.3 Å². The van der Waals surface area contributed by atoms with E-state index in [1.807, 2.05) is 0 Å². The Hall–Kier alpha value is -0.120. The van der Waals surface area contributed by atoms with Crippen molar-refractivity contribution in [3.63, 3.8) is 0 Å². The zero-order valence-corrected chi connectivity index (χ0v) is 10.8. The molecule has 98 valence electrons. The summed E-state index contributed by atoms with van der Waals surface area (Å²) >= 11 is 0. The molecule has 1 aliphatic heterocycles. The second kappa shape index (κ2) is 4.22. The van der Waals surface area contributed by atoms with E-state index >= 15 is 0 Å². The van der Waals surface area contributed by atoms with Gasteiger partial charge in [0.2, 0.25) is 0 Å². The molecule has 1 heterocycles. The molecule has 0 amide bonds. The standard InChI is InChI=1S/C14H26N2O/c15-10-13(9-11-2-3-12(13)8-11)14(17)4-1-6-16-7-5-14/h11-12,16-17H,1-10,15H2. The van der Waals surface area contributed by atoms with Crippen molar-refractivity contribution in [3.8, 4) is 0 Å². The molecule has 0 aromatic carbocycles. The maximum atomic E-state index is 11.2. The second-order valence-corrected chi connectivity index (χ2v) is 6.58. The minimum Gasteiger partial charge on any atom is -0.389 e. The van der Waals surface area contributed by atoms with Gasteiger partial charge in [-0.2, -0.15) is 0 Å². The molecular weight excluding hydrogens is 212 g/mol. The molecule has 4 atom stereocenters. The van der Waals surface area contributed by atoms with Crippen LogP contribution >= 0.6 is 0 Å². The number of aliphatic hydroxyl groups is 1. The lowest BCUT2D eigenvalue weighted by Crippen LogP contribution is -2.56. The van der Waals surface area contributed by atoms with Crippen LogP contribution in [0.2, 0.25) is 0 Å². The van der Waals surface area contributed by atoms with E-state index < -0.39 is 5.60 Å². The van der Waals surface area contributed by atoms with E-state index in [4.69, 9.17) is 5.73 Å². The van der Waals surface area contributed by atoms with Crippen LogP contribution in [0.25, 0.3) is 0 Å². The fourth-order valence-corrected chi connectivity index (χ4v) is 5.00. The van der Waals surface area contributed by atoms with Crippen LogP contribution in [0.3, 0.4) is 0 Å². The van der Waals surface area contributed by atoms with Crippen LogP contribution in [0.5, 0.6) is 0 Å². The zero-order valence-electron chi connectivity index (χ0n) is 10.8. The van der Waals surface area contributed by atoms with Gasteiger partial charge in [0, 0.05) is 12.0 Å². The van der Waals surface area contributed by atoms with Gasteiger partial charge in [0.25, 0.3) is 0 Å². The van der Waals surface area contributed by atoms with Gasteiger partial charge < -0.3 is 16.2 Å². The third kappa shape index (κ3) is 1.66. The number of nitrogens with two attached hydrogens (primary N) is 1. The van der Waals surface area contributed by atoms with Crippen LogP contribution < -0.4 is 11.1 Å². The lowest BCUT2D eigenvalue weighted by atomic mass is 9.60. The highest BCUT2D eigenvalue weighted by atomic mass is 16.3. The van der Waals surface area contributed by atoms with Crippen LogP contribution in [0.15, 0.2) is 0 Å². The molecular formula is C14H26N2O. The monoisotopic (exact) mass is 238 g/mol. The Labute approximate surface area is 104 Å². The molecule has 3 fully saturated rings. The summed E-state index contributed by atoms with van der Waals surface area (Å²) in [6, 6.07) is 0. The lowest BCUT2D eigenvalue weighted by Gasteiger charge is -2.49. The number of rotatable bonds is 2. The first-order chi connectivity index (χ1) is 8.20. The number of fused-ring (bicyclic) bond motifs is 2. The average molecular weight is 238 g/mol. The summed E-state index contributed by atoms with van der Waals surface area (Å²) < 4.78 is 0. The predicted octanol–water partition coefficient (Wildman–Crippen LogP) is 1.26. The van der Waals surface area contributed by atoms with E-state index in [2.05, 4.69) is 5.32 Å². The van der Waals surface area contributed by atoms with Gasteiger partial charge in [-0.1, -0.05) is 6.42 Å². The highest BCUT2D eigenvalue weighted by molar-refractivity contribution is 5.11. The highest BCUT2D eigenvalue weighted by Crippen LogP contribution is 2.61. The Morgan fingerprint density at radius 2 is 2.12 bits per heavy atom. The molecule has 3 heteroatoms. The molecule has 0 spiro atoms. The molecule has 2 saturated carbocycles. The average Bonchev–Trinajstić information content (AvgIpc) is 2.87. The summed E-state index contributed by atoms with van der Waals surface area (Å²) in [5, 5.41) is 14.6. The first-order valence-electron chi connectivity index (χ1n) is 7.33. The van der Waals surface area contributed by atoms with Crippen molar-refractivity contribution < 1.29 is 5.11 Å². The summed E-state index contributed by atoms with van der Waals surface area (Å²) in [5.41, 5.74) is 5.69. The van der Waals surface area contributed by atoms with E-state index in [1.54, 1.807) is 0 Å². The van der Waals surface area contributed by atoms with Gasteiger partial charge in [0.05, 0.1) is 5.60 Å². The minimum absolute atomic E-state index is 0.0436. The third-order valence-corrected chi connectivity index (χ3v) is 5.93. The Morgan fingerprint density at radius 3 is 2.76 bits per heavy atom. The Morgan fingerprint density at radius 1 is 1.24 bits per heavy atom. The number of nitrogens with one attached hydrogen (secondary N) is 1. The normalized spacial score (nSPS) is 50.5. The van der Waals surface area contributed by atoms with Gasteiger partial charge in [0.15, 0.2) is 0 Å². The lowest BCUT2D eigenvalue weighted by molar-refractivity contribution is -0.117. The van der Waals surface area contributed by atoms with E-state index in [0.717, 1.165) is 38.3 Å². The largest absolute Gasteiger partial charge is 0.389 e. The van der Waals surface area contributed by atoms with Crippen molar-refractivity contribution in [1.82, 2.24) is 5.32 Å². The molecule has 0 radical (unpaired) electrons. The molecule has 3 nitrogen and oxygen atoms in total. The fraction of sp³-hybridized carbons (Fsp3) is 1.00. The molecule has 17 heavy (non-hydrogen) atoms. The van der Waals surface area contributed by atoms with Gasteiger partial charge in [-0.05, 0) is 63.5 Å². The van der Waals surface area contributed by atoms with Crippen molar-refractivity contribution in [2.75, 3.05) is 19.6 Å². The smallest absolute Gasteiger partial charge is 0.0731 e. The molecule has 2 aliphatic carbocycles. The maximum absolute atomic E-state index is 11.2. The van der Waals surface area contributed by atoms with Gasteiger partial charge in [-0.3, -0.25) is 0 Å². The first-order valence-corrected chi connectivity index (χ1v) is 7.33. The van der Waals surface area contributed by atoms with E-state index in [-0.39, 0.29) is 5.41 Å². The van der Waals surface area contributed by atoms with Gasteiger partial charge in [-0.15, -0.1) is 0 Å². The summed E-state index contributed by atoms with van der Waals surface area (Å²) in [6.07, 6.45) is 8.12. The highest BCUT2D eigenvalue weighted by Gasteiger charge is 2.60. The van der Waals surface area contributed by atoms with Crippen molar-refractivity contribution >= 4 is 0 Å². The quantitative estimate of drug-likeness (QED) is 0.679. The van der Waals surface area contributed by atoms with Crippen LogP contribution in [0.1, 0.15) is 44.9 Å². The van der Waals surface area contributed by atoms with Crippen molar-refractivity contribution in [2.24, 2.45) is 23.0 Å². The Bertz CT molecular complexity index is 286. The van der Waals surface area contributed by atoms with Crippen molar-refractivity contribution in [3.05, 3.63) is 0 Å².